The van der Waals surface area contributed by atoms with E-state index >= 15 is 0 Å². The fourth-order valence-electron chi connectivity index (χ4n) is 4.05. The van der Waals surface area contributed by atoms with Crippen molar-refractivity contribution in [1.29, 1.82) is 0 Å². The predicted molar refractivity (Wildman–Crippen MR) is 87.7 cm³/mol. The molecular weight excluding hydrogens is 276 g/mol. The number of rotatable bonds is 6. The van der Waals surface area contributed by atoms with Crippen molar-refractivity contribution in [2.75, 3.05) is 39.3 Å². The second-order valence-corrected chi connectivity index (χ2v) is 6.88. The summed E-state index contributed by atoms with van der Waals surface area (Å²) in [5, 5.41) is 4.45. The van der Waals surface area contributed by atoms with Gasteiger partial charge in [-0.1, -0.05) is 13.8 Å². The third-order valence-electron chi connectivity index (χ3n) is 5.39. The average Bonchev–Trinajstić information content (AvgIpc) is 3.13. The van der Waals surface area contributed by atoms with Crippen LogP contribution in [0.1, 0.15) is 25.2 Å². The molecule has 3 atom stereocenters. The maximum absolute atomic E-state index is 6.09. The Morgan fingerprint density at radius 1 is 1.32 bits per heavy atom. The zero-order valence-electron chi connectivity index (χ0n) is 14.5. The molecule has 2 fully saturated rings. The minimum atomic E-state index is 0.440. The van der Waals surface area contributed by atoms with Crippen LogP contribution in [0.25, 0.3) is 0 Å². The number of hydrogen-bond acceptors (Lipinski definition) is 4. The fourth-order valence-corrected chi connectivity index (χ4v) is 4.05. The average molecular weight is 306 g/mol. The highest BCUT2D eigenvalue weighted by Gasteiger charge is 2.44. The Balaban J connectivity index is 1.58. The van der Waals surface area contributed by atoms with E-state index in [2.05, 4.69) is 41.7 Å². The first-order valence-electron chi connectivity index (χ1n) is 8.66. The van der Waals surface area contributed by atoms with Crippen LogP contribution in [-0.2, 0) is 18.3 Å². The second-order valence-electron chi connectivity index (χ2n) is 6.88. The quantitative estimate of drug-likeness (QED) is 0.798. The van der Waals surface area contributed by atoms with Crippen LogP contribution in [-0.4, -0.2) is 65.0 Å². The van der Waals surface area contributed by atoms with Crippen LogP contribution in [0, 0.1) is 18.8 Å². The van der Waals surface area contributed by atoms with Gasteiger partial charge >= 0.3 is 0 Å². The summed E-state index contributed by atoms with van der Waals surface area (Å²) in [4.78, 5) is 5.07. The van der Waals surface area contributed by atoms with E-state index in [1.807, 2.05) is 11.7 Å². The summed E-state index contributed by atoms with van der Waals surface area (Å²) < 4.78 is 8.10. The number of nitrogens with zero attached hydrogens (tertiary/aromatic N) is 4. The molecule has 2 saturated heterocycles. The van der Waals surface area contributed by atoms with E-state index in [9.17, 15) is 0 Å². The molecule has 0 aliphatic carbocycles. The largest absolute Gasteiger partial charge is 0.376 e. The van der Waals surface area contributed by atoms with Crippen LogP contribution in [0.2, 0.25) is 0 Å². The molecule has 0 N–H and O–H groups in total. The third-order valence-corrected chi connectivity index (χ3v) is 5.39. The molecule has 2 aliphatic rings. The van der Waals surface area contributed by atoms with Crippen LogP contribution < -0.4 is 0 Å². The number of likely N-dealkylation sites (tertiary alicyclic amines) is 1. The minimum Gasteiger partial charge on any atom is -0.376 e. The molecular formula is C17H30N4O. The van der Waals surface area contributed by atoms with Crippen molar-refractivity contribution < 1.29 is 4.74 Å². The fraction of sp³-hybridized carbons (Fsp3) is 0.824. The normalized spacial score (nSPS) is 28.7. The molecule has 0 amide bonds. The molecule has 3 rings (SSSR count). The smallest absolute Gasteiger partial charge is 0.0746 e. The predicted octanol–water partition coefficient (Wildman–Crippen LogP) is 1.52. The Labute approximate surface area is 134 Å². The standard InChI is InChI=1S/C17H30N4O/c1-5-20(6-2)8-14-12-22-17-11-21(10-16(14)17)9-15-7-13(3)18-19(15)4/h7,14,16-17H,5-6,8-12H2,1-4H3/t14-,16-,17-/m1/s1. The zero-order valence-corrected chi connectivity index (χ0v) is 14.5. The topological polar surface area (TPSA) is 33.5 Å². The van der Waals surface area contributed by atoms with Crippen LogP contribution in [0.3, 0.4) is 0 Å². The van der Waals surface area contributed by atoms with Crippen LogP contribution in [0.5, 0.6) is 0 Å². The summed E-state index contributed by atoms with van der Waals surface area (Å²) in [6, 6.07) is 2.20. The molecule has 0 unspecified atom stereocenters. The summed E-state index contributed by atoms with van der Waals surface area (Å²) in [5.41, 5.74) is 2.41. The molecule has 5 heteroatoms. The molecule has 2 aliphatic heterocycles. The van der Waals surface area contributed by atoms with Crippen molar-refractivity contribution in [3.63, 3.8) is 0 Å². The molecule has 1 aromatic rings. The first-order valence-corrected chi connectivity index (χ1v) is 8.66. The molecule has 3 heterocycles. The Kier molecular flexibility index (Phi) is 4.85. The van der Waals surface area contributed by atoms with Gasteiger partial charge in [-0.05, 0) is 26.1 Å². The second kappa shape index (κ2) is 6.69. The number of aryl methyl sites for hydroxylation is 2. The van der Waals surface area contributed by atoms with E-state index in [4.69, 9.17) is 4.74 Å². The lowest BCUT2D eigenvalue weighted by Crippen LogP contribution is -2.34. The van der Waals surface area contributed by atoms with Crippen molar-refractivity contribution in [2.45, 2.75) is 33.4 Å². The molecule has 1 aromatic heterocycles. The number of aromatic nitrogens is 2. The van der Waals surface area contributed by atoms with Crippen molar-refractivity contribution in [2.24, 2.45) is 18.9 Å². The van der Waals surface area contributed by atoms with Crippen molar-refractivity contribution in [1.82, 2.24) is 19.6 Å². The first kappa shape index (κ1) is 16.0. The molecule has 22 heavy (non-hydrogen) atoms. The highest BCUT2D eigenvalue weighted by atomic mass is 16.5. The summed E-state index contributed by atoms with van der Waals surface area (Å²) >= 11 is 0. The van der Waals surface area contributed by atoms with Gasteiger partial charge in [0.15, 0.2) is 0 Å². The van der Waals surface area contributed by atoms with Crippen molar-refractivity contribution in [3.05, 3.63) is 17.5 Å². The first-order chi connectivity index (χ1) is 10.6. The van der Waals surface area contributed by atoms with E-state index in [-0.39, 0.29) is 0 Å². The van der Waals surface area contributed by atoms with E-state index in [0.717, 1.165) is 38.5 Å². The molecule has 0 spiro atoms. The SMILES string of the molecule is CCN(CC)C[C@@H]1CO[C@@H]2CN(Cc3cc(C)nn3C)C[C@H]12. The van der Waals surface area contributed by atoms with Crippen LogP contribution in [0.4, 0.5) is 0 Å². The number of hydrogen-bond donors (Lipinski definition) is 0. The van der Waals surface area contributed by atoms with Gasteiger partial charge in [0.05, 0.1) is 24.1 Å². The Morgan fingerprint density at radius 3 is 2.73 bits per heavy atom. The molecule has 124 valence electrons. The van der Waals surface area contributed by atoms with Gasteiger partial charge in [-0.3, -0.25) is 9.58 Å². The molecule has 0 aromatic carbocycles. The van der Waals surface area contributed by atoms with E-state index in [1.165, 1.54) is 18.8 Å². The van der Waals surface area contributed by atoms with E-state index in [0.29, 0.717) is 17.9 Å². The van der Waals surface area contributed by atoms with Gasteiger partial charge in [-0.2, -0.15) is 5.10 Å². The van der Waals surface area contributed by atoms with Gasteiger partial charge in [0, 0.05) is 45.1 Å². The third kappa shape index (κ3) is 3.21. The summed E-state index contributed by atoms with van der Waals surface area (Å²) in [7, 11) is 2.04. The molecule has 0 radical (unpaired) electrons. The van der Waals surface area contributed by atoms with Crippen LogP contribution >= 0.6 is 0 Å². The van der Waals surface area contributed by atoms with Gasteiger partial charge < -0.3 is 9.64 Å². The highest BCUT2D eigenvalue weighted by Crippen LogP contribution is 2.34. The lowest BCUT2D eigenvalue weighted by Gasteiger charge is -2.25. The Morgan fingerprint density at radius 2 is 2.09 bits per heavy atom. The maximum atomic E-state index is 6.09. The van der Waals surface area contributed by atoms with Crippen molar-refractivity contribution in [3.8, 4) is 0 Å². The zero-order chi connectivity index (χ0) is 15.7. The summed E-state index contributed by atoms with van der Waals surface area (Å²) in [6.07, 6.45) is 0.440. The molecule has 0 bridgehead atoms. The number of ether oxygens (including phenoxy) is 1. The summed E-state index contributed by atoms with van der Waals surface area (Å²) in [6.45, 7) is 14.2. The molecule has 5 nitrogen and oxygen atoms in total. The van der Waals surface area contributed by atoms with Gasteiger partial charge in [0.2, 0.25) is 0 Å². The maximum Gasteiger partial charge on any atom is 0.0746 e. The van der Waals surface area contributed by atoms with E-state index in [1.54, 1.807) is 0 Å². The highest BCUT2D eigenvalue weighted by molar-refractivity contribution is 5.09. The minimum absolute atomic E-state index is 0.440. The molecule has 0 saturated carbocycles. The summed E-state index contributed by atoms with van der Waals surface area (Å²) in [5.74, 6) is 1.40. The van der Waals surface area contributed by atoms with Crippen molar-refractivity contribution >= 4 is 0 Å². The Bertz CT molecular complexity index is 497. The van der Waals surface area contributed by atoms with E-state index < -0.39 is 0 Å². The van der Waals surface area contributed by atoms with Gasteiger partial charge in [0.1, 0.15) is 0 Å². The monoisotopic (exact) mass is 306 g/mol. The van der Waals surface area contributed by atoms with Gasteiger partial charge in [-0.25, -0.2) is 0 Å². The van der Waals surface area contributed by atoms with Gasteiger partial charge in [0.25, 0.3) is 0 Å². The van der Waals surface area contributed by atoms with Gasteiger partial charge in [-0.15, -0.1) is 0 Å². The lowest BCUT2D eigenvalue weighted by molar-refractivity contribution is 0.0904. The van der Waals surface area contributed by atoms with Crippen LogP contribution in [0.15, 0.2) is 6.07 Å². The lowest BCUT2D eigenvalue weighted by atomic mass is 9.92. The Hall–Kier alpha value is -0.910. The number of fused-ring (bicyclic) bond motifs is 1.